The Morgan fingerprint density at radius 3 is 2.33 bits per heavy atom. The van der Waals surface area contributed by atoms with Gasteiger partial charge < -0.3 is 10.6 Å². The van der Waals surface area contributed by atoms with Gasteiger partial charge in [-0.2, -0.15) is 0 Å². The van der Waals surface area contributed by atoms with Crippen LogP contribution in [0.1, 0.15) is 28.3 Å². The van der Waals surface area contributed by atoms with Crippen molar-refractivity contribution in [2.75, 3.05) is 11.4 Å². The first-order chi connectivity index (χ1) is 13.9. The van der Waals surface area contributed by atoms with Crippen LogP contribution in [-0.4, -0.2) is 12.5 Å². The lowest BCUT2D eigenvalue weighted by molar-refractivity contribution is -0.120. The summed E-state index contributed by atoms with van der Waals surface area (Å²) in [6.45, 7) is 4.14. The number of anilines is 1. The molecule has 30 heavy (non-hydrogen) atoms. The molecule has 1 atom stereocenters. The maximum Gasteiger partial charge on any atom is 0.248 e. The molecule has 0 heterocycles. The van der Waals surface area contributed by atoms with Crippen LogP contribution in [0.2, 0.25) is 0 Å². The average Bonchev–Trinajstić information content (AvgIpc) is 2.73. The summed E-state index contributed by atoms with van der Waals surface area (Å²) >= 11 is 0. The zero-order chi connectivity index (χ0) is 21.0. The largest absolute Gasteiger partial charge is 0.316 e. The van der Waals surface area contributed by atoms with Crippen LogP contribution in [0.25, 0.3) is 0 Å². The second-order valence-electron chi connectivity index (χ2n) is 7.11. The van der Waals surface area contributed by atoms with Crippen LogP contribution in [0.15, 0.2) is 66.7 Å². The zero-order valence-corrected chi connectivity index (χ0v) is 17.8. The van der Waals surface area contributed by atoms with E-state index in [-0.39, 0.29) is 36.8 Å². The molecule has 158 valence electrons. The first kappa shape index (κ1) is 23.5. The van der Waals surface area contributed by atoms with Gasteiger partial charge in [0.05, 0.1) is 0 Å². The normalized spacial score (nSPS) is 11.5. The van der Waals surface area contributed by atoms with Gasteiger partial charge in [-0.3, -0.25) is 4.79 Å². The highest BCUT2D eigenvalue weighted by Crippen LogP contribution is 2.24. The summed E-state index contributed by atoms with van der Waals surface area (Å²) in [5.41, 5.74) is 9.98. The Balaban J connectivity index is 0.00000320. The van der Waals surface area contributed by atoms with Gasteiger partial charge in [-0.1, -0.05) is 48.5 Å². The van der Waals surface area contributed by atoms with Gasteiger partial charge in [0.15, 0.2) is 11.6 Å². The predicted octanol–water partition coefficient (Wildman–Crippen LogP) is 5.28. The summed E-state index contributed by atoms with van der Waals surface area (Å²) in [5, 5.41) is 0. The highest BCUT2D eigenvalue weighted by molar-refractivity contribution is 5.97. The standard InChI is InChI=1S/C24H24F2N2O.ClH/c1-16-11-12-20(15-17(16)2)28(14-13-18-9-6-10-21(25)22(18)26)24(29)23(27)19-7-4-3-5-8-19;/h3-12,15,23H,13-14,27H2,1-2H3;1H. The number of rotatable bonds is 6. The third kappa shape index (κ3) is 5.23. The molecule has 1 amide bonds. The van der Waals surface area contributed by atoms with Crippen molar-refractivity contribution >= 4 is 24.0 Å². The highest BCUT2D eigenvalue weighted by Gasteiger charge is 2.24. The van der Waals surface area contributed by atoms with Gasteiger partial charge in [0.1, 0.15) is 6.04 Å². The minimum absolute atomic E-state index is 0. The molecule has 0 bridgehead atoms. The van der Waals surface area contributed by atoms with Crippen LogP contribution in [0.5, 0.6) is 0 Å². The fourth-order valence-electron chi connectivity index (χ4n) is 3.20. The lowest BCUT2D eigenvalue weighted by Gasteiger charge is -2.27. The van der Waals surface area contributed by atoms with Crippen LogP contribution in [0.4, 0.5) is 14.5 Å². The van der Waals surface area contributed by atoms with Gasteiger partial charge in [-0.15, -0.1) is 12.4 Å². The maximum atomic E-state index is 14.1. The molecule has 0 saturated carbocycles. The molecule has 3 aromatic carbocycles. The highest BCUT2D eigenvalue weighted by atomic mass is 35.5. The average molecular weight is 431 g/mol. The minimum Gasteiger partial charge on any atom is -0.316 e. The van der Waals surface area contributed by atoms with E-state index < -0.39 is 17.7 Å². The van der Waals surface area contributed by atoms with Gasteiger partial charge in [-0.05, 0) is 60.7 Å². The molecule has 0 spiro atoms. The number of hydrogen-bond donors (Lipinski definition) is 1. The Labute approximate surface area is 181 Å². The van der Waals surface area contributed by atoms with E-state index in [1.807, 2.05) is 50.2 Å². The quantitative estimate of drug-likeness (QED) is 0.578. The number of aryl methyl sites for hydroxylation is 2. The van der Waals surface area contributed by atoms with Crippen molar-refractivity contribution in [3.8, 4) is 0 Å². The van der Waals surface area contributed by atoms with Crippen molar-refractivity contribution in [2.45, 2.75) is 26.3 Å². The molecule has 0 aliphatic carbocycles. The molecule has 0 aliphatic rings. The predicted molar refractivity (Wildman–Crippen MR) is 119 cm³/mol. The van der Waals surface area contributed by atoms with E-state index in [0.29, 0.717) is 11.3 Å². The van der Waals surface area contributed by atoms with E-state index in [1.165, 1.54) is 12.1 Å². The second kappa shape index (κ2) is 10.3. The third-order valence-electron chi connectivity index (χ3n) is 5.13. The molecule has 3 nitrogen and oxygen atoms in total. The molecule has 0 radical (unpaired) electrons. The monoisotopic (exact) mass is 430 g/mol. The van der Waals surface area contributed by atoms with Gasteiger partial charge >= 0.3 is 0 Å². The van der Waals surface area contributed by atoms with Crippen LogP contribution >= 0.6 is 12.4 Å². The first-order valence-electron chi connectivity index (χ1n) is 9.50. The van der Waals surface area contributed by atoms with Gasteiger partial charge in [-0.25, -0.2) is 8.78 Å². The lowest BCUT2D eigenvalue weighted by atomic mass is 10.0. The van der Waals surface area contributed by atoms with Crippen molar-refractivity contribution in [2.24, 2.45) is 5.73 Å². The van der Waals surface area contributed by atoms with Gasteiger partial charge in [0.25, 0.3) is 0 Å². The van der Waals surface area contributed by atoms with Crippen LogP contribution in [-0.2, 0) is 11.2 Å². The molecule has 6 heteroatoms. The molecular weight excluding hydrogens is 406 g/mol. The van der Waals surface area contributed by atoms with Gasteiger partial charge in [0, 0.05) is 12.2 Å². The van der Waals surface area contributed by atoms with Crippen LogP contribution in [0.3, 0.4) is 0 Å². The molecular formula is C24H25ClF2N2O. The molecule has 0 saturated heterocycles. The SMILES string of the molecule is Cc1ccc(N(CCc2cccc(F)c2F)C(=O)C(N)c2ccccc2)cc1C.Cl. The van der Waals surface area contributed by atoms with E-state index in [0.717, 1.165) is 17.2 Å². The first-order valence-corrected chi connectivity index (χ1v) is 9.50. The van der Waals surface area contributed by atoms with Gasteiger partial charge in [0.2, 0.25) is 5.91 Å². The maximum absolute atomic E-state index is 14.1. The van der Waals surface area contributed by atoms with Crippen molar-refractivity contribution in [3.05, 3.63) is 101 Å². The van der Waals surface area contributed by atoms with Crippen molar-refractivity contribution in [1.29, 1.82) is 0 Å². The molecule has 0 fully saturated rings. The third-order valence-corrected chi connectivity index (χ3v) is 5.13. The summed E-state index contributed by atoms with van der Waals surface area (Å²) < 4.78 is 27.6. The fraction of sp³-hybridized carbons (Fsp3) is 0.208. The number of benzene rings is 3. The number of nitrogens with zero attached hydrogens (tertiary/aromatic N) is 1. The summed E-state index contributed by atoms with van der Waals surface area (Å²) in [7, 11) is 0. The number of nitrogens with two attached hydrogens (primary N) is 1. The summed E-state index contributed by atoms with van der Waals surface area (Å²) in [4.78, 5) is 14.8. The number of hydrogen-bond acceptors (Lipinski definition) is 2. The zero-order valence-electron chi connectivity index (χ0n) is 16.9. The minimum atomic E-state index is -0.896. The topological polar surface area (TPSA) is 46.3 Å². The van der Waals surface area contributed by atoms with Crippen LogP contribution in [0, 0.1) is 25.5 Å². The molecule has 0 aliphatic heterocycles. The fourth-order valence-corrected chi connectivity index (χ4v) is 3.20. The van der Waals surface area contributed by atoms with Crippen LogP contribution < -0.4 is 10.6 Å². The Bertz CT molecular complexity index is 1010. The van der Waals surface area contributed by atoms with Crippen molar-refractivity contribution in [3.63, 3.8) is 0 Å². The summed E-state index contributed by atoms with van der Waals surface area (Å²) in [5.74, 6) is -2.07. The number of carbonyl (C=O) groups excluding carboxylic acids is 1. The van der Waals surface area contributed by atoms with E-state index >= 15 is 0 Å². The second-order valence-corrected chi connectivity index (χ2v) is 7.11. The number of amides is 1. The van der Waals surface area contributed by atoms with E-state index in [4.69, 9.17) is 5.73 Å². The summed E-state index contributed by atoms with van der Waals surface area (Å²) in [6.07, 6.45) is 0.170. The molecule has 0 aromatic heterocycles. The Hall–Kier alpha value is -2.76. The summed E-state index contributed by atoms with van der Waals surface area (Å²) in [6, 6.07) is 18.0. The molecule has 1 unspecified atom stereocenters. The van der Waals surface area contributed by atoms with E-state index in [2.05, 4.69) is 0 Å². The Kier molecular flexibility index (Phi) is 8.09. The van der Waals surface area contributed by atoms with E-state index in [9.17, 15) is 13.6 Å². The molecule has 2 N–H and O–H groups in total. The van der Waals surface area contributed by atoms with Crippen molar-refractivity contribution in [1.82, 2.24) is 0 Å². The Morgan fingerprint density at radius 2 is 1.67 bits per heavy atom. The molecule has 3 rings (SSSR count). The number of carbonyl (C=O) groups is 1. The Morgan fingerprint density at radius 1 is 0.967 bits per heavy atom. The lowest BCUT2D eigenvalue weighted by Crippen LogP contribution is -2.40. The number of halogens is 3. The van der Waals surface area contributed by atoms with Crippen molar-refractivity contribution < 1.29 is 13.6 Å². The smallest absolute Gasteiger partial charge is 0.248 e. The molecule has 3 aromatic rings. The van der Waals surface area contributed by atoms with E-state index in [1.54, 1.807) is 17.0 Å².